The third-order valence-electron chi connectivity index (χ3n) is 2.20. The van der Waals surface area contributed by atoms with Gasteiger partial charge in [-0.1, -0.05) is 6.07 Å². The summed E-state index contributed by atoms with van der Waals surface area (Å²) in [5.74, 6) is -1.55. The van der Waals surface area contributed by atoms with Gasteiger partial charge >= 0.3 is 5.97 Å². The fourth-order valence-corrected chi connectivity index (χ4v) is 1.34. The zero-order valence-corrected chi connectivity index (χ0v) is 9.64. The molecule has 0 N–H and O–H groups in total. The molecule has 1 aromatic heterocycles. The minimum Gasteiger partial charge on any atom is -0.543 e. The summed E-state index contributed by atoms with van der Waals surface area (Å²) in [5, 5.41) is 10.5. The highest BCUT2D eigenvalue weighted by atomic mass is 16.5. The number of carbonyl (C=O) groups excluding carboxylic acids is 2. The maximum absolute atomic E-state index is 10.5. The zero-order chi connectivity index (χ0) is 12.7. The molecule has 5 nitrogen and oxygen atoms in total. The quantitative estimate of drug-likeness (QED) is 0.525. The summed E-state index contributed by atoms with van der Waals surface area (Å²) in [6, 6.07) is 3.14. The van der Waals surface area contributed by atoms with Crippen molar-refractivity contribution in [2.45, 2.75) is 26.2 Å². The van der Waals surface area contributed by atoms with E-state index >= 15 is 0 Å². The maximum Gasteiger partial charge on any atom is 0.302 e. The van der Waals surface area contributed by atoms with Crippen LogP contribution in [0.25, 0.3) is 0 Å². The highest BCUT2D eigenvalue weighted by Crippen LogP contribution is 2.05. The Kier molecular flexibility index (Phi) is 5.13. The molecule has 0 atom stereocenters. The Morgan fingerprint density at radius 3 is 2.65 bits per heavy atom. The van der Waals surface area contributed by atoms with Gasteiger partial charge in [-0.05, 0) is 30.9 Å². The van der Waals surface area contributed by atoms with Gasteiger partial charge in [-0.25, -0.2) is 0 Å². The Bertz CT molecular complexity index is 386. The predicted octanol–water partition coefficient (Wildman–Crippen LogP) is 0.331. The van der Waals surface area contributed by atoms with Crippen LogP contribution in [0.1, 0.15) is 35.8 Å². The van der Waals surface area contributed by atoms with Crippen LogP contribution in [0.2, 0.25) is 0 Å². The van der Waals surface area contributed by atoms with Gasteiger partial charge in [0, 0.05) is 13.1 Å². The fourth-order valence-electron chi connectivity index (χ4n) is 1.34. The van der Waals surface area contributed by atoms with Gasteiger partial charge < -0.3 is 14.6 Å². The Balaban J connectivity index is 2.27. The summed E-state index contributed by atoms with van der Waals surface area (Å²) >= 11 is 0. The molecule has 0 aliphatic carbocycles. The summed E-state index contributed by atoms with van der Waals surface area (Å²) < 4.78 is 4.79. The monoisotopic (exact) mass is 236 g/mol. The summed E-state index contributed by atoms with van der Waals surface area (Å²) in [4.78, 5) is 24.7. The SMILES string of the molecule is CC(=O)OCCCCc1ccc(C(=O)[O-])nc1. The molecule has 92 valence electrons. The van der Waals surface area contributed by atoms with E-state index in [2.05, 4.69) is 4.98 Å². The molecule has 0 unspecified atom stereocenters. The van der Waals surface area contributed by atoms with Gasteiger partial charge in [0.05, 0.1) is 18.3 Å². The smallest absolute Gasteiger partial charge is 0.302 e. The molecule has 1 aromatic rings. The second-order valence-electron chi connectivity index (χ2n) is 3.64. The van der Waals surface area contributed by atoms with Crippen molar-refractivity contribution in [3.8, 4) is 0 Å². The molecule has 0 amide bonds. The number of aromatic carboxylic acids is 1. The maximum atomic E-state index is 10.5. The molecule has 17 heavy (non-hydrogen) atoms. The van der Waals surface area contributed by atoms with Crippen molar-refractivity contribution in [1.29, 1.82) is 0 Å². The van der Waals surface area contributed by atoms with Crippen LogP contribution in [0.4, 0.5) is 0 Å². The number of unbranched alkanes of at least 4 members (excludes halogenated alkanes) is 1. The first-order valence-electron chi connectivity index (χ1n) is 5.39. The lowest BCUT2D eigenvalue weighted by Crippen LogP contribution is -2.23. The molecule has 0 aliphatic rings. The normalized spacial score (nSPS) is 9.94. The van der Waals surface area contributed by atoms with Crippen LogP contribution in [0.15, 0.2) is 18.3 Å². The Hall–Kier alpha value is -1.91. The van der Waals surface area contributed by atoms with Gasteiger partial charge in [0.2, 0.25) is 0 Å². The average molecular weight is 236 g/mol. The first-order chi connectivity index (χ1) is 8.09. The second-order valence-corrected chi connectivity index (χ2v) is 3.64. The topological polar surface area (TPSA) is 79.3 Å². The third-order valence-corrected chi connectivity index (χ3v) is 2.20. The molecule has 5 heteroatoms. The Morgan fingerprint density at radius 2 is 2.12 bits per heavy atom. The number of carboxylic acids is 1. The predicted molar refractivity (Wildman–Crippen MR) is 58.1 cm³/mol. The summed E-state index contributed by atoms with van der Waals surface area (Å²) in [5.41, 5.74) is 0.895. The van der Waals surface area contributed by atoms with Gasteiger partial charge in [-0.3, -0.25) is 9.78 Å². The van der Waals surface area contributed by atoms with Crippen molar-refractivity contribution >= 4 is 11.9 Å². The number of esters is 1. The number of aromatic nitrogens is 1. The molecule has 0 aromatic carbocycles. The highest BCUT2D eigenvalue weighted by molar-refractivity contribution is 5.83. The lowest BCUT2D eigenvalue weighted by atomic mass is 10.1. The first-order valence-corrected chi connectivity index (χ1v) is 5.39. The van der Waals surface area contributed by atoms with Crippen LogP contribution < -0.4 is 5.11 Å². The molecular formula is C12H14NO4-. The van der Waals surface area contributed by atoms with Crippen molar-refractivity contribution in [3.05, 3.63) is 29.6 Å². The lowest BCUT2D eigenvalue weighted by molar-refractivity contribution is -0.255. The zero-order valence-electron chi connectivity index (χ0n) is 9.64. The highest BCUT2D eigenvalue weighted by Gasteiger charge is 1.98. The van der Waals surface area contributed by atoms with Crippen molar-refractivity contribution < 1.29 is 19.4 Å². The number of pyridine rings is 1. The molecule has 1 heterocycles. The second kappa shape index (κ2) is 6.62. The molecule has 0 aliphatic heterocycles. The van der Waals surface area contributed by atoms with Crippen molar-refractivity contribution in [1.82, 2.24) is 4.98 Å². The number of nitrogens with zero attached hydrogens (tertiary/aromatic N) is 1. The van der Waals surface area contributed by atoms with E-state index in [1.165, 1.54) is 19.2 Å². The van der Waals surface area contributed by atoms with Gasteiger partial charge in [0.25, 0.3) is 0 Å². The minimum absolute atomic E-state index is 0.0614. The molecule has 0 bridgehead atoms. The van der Waals surface area contributed by atoms with Gasteiger partial charge in [0.15, 0.2) is 0 Å². The van der Waals surface area contributed by atoms with E-state index in [4.69, 9.17) is 4.74 Å². The van der Waals surface area contributed by atoms with E-state index in [1.54, 1.807) is 6.07 Å². The van der Waals surface area contributed by atoms with E-state index in [0.717, 1.165) is 24.8 Å². The number of ether oxygens (including phenoxy) is 1. The number of aryl methyl sites for hydroxylation is 1. The third kappa shape index (κ3) is 5.10. The number of hydrogen-bond acceptors (Lipinski definition) is 5. The minimum atomic E-state index is -1.27. The van der Waals surface area contributed by atoms with Crippen LogP contribution in [-0.4, -0.2) is 23.5 Å². The van der Waals surface area contributed by atoms with Crippen LogP contribution in [-0.2, 0) is 16.0 Å². The van der Waals surface area contributed by atoms with Gasteiger partial charge in [-0.15, -0.1) is 0 Å². The number of hydrogen-bond donors (Lipinski definition) is 0. The molecular weight excluding hydrogens is 222 g/mol. The molecule has 0 radical (unpaired) electrons. The lowest BCUT2D eigenvalue weighted by Gasteiger charge is -2.04. The van der Waals surface area contributed by atoms with Crippen LogP contribution >= 0.6 is 0 Å². The van der Waals surface area contributed by atoms with E-state index in [1.807, 2.05) is 0 Å². The standard InChI is InChI=1S/C12H15NO4/c1-9(14)17-7-3-2-4-10-5-6-11(12(15)16)13-8-10/h5-6,8H,2-4,7H2,1H3,(H,15,16)/p-1. The molecule has 0 fully saturated rings. The van der Waals surface area contributed by atoms with Crippen molar-refractivity contribution in [2.24, 2.45) is 0 Å². The summed E-state index contributed by atoms with van der Waals surface area (Å²) in [7, 11) is 0. The molecule has 0 saturated carbocycles. The van der Waals surface area contributed by atoms with Crippen LogP contribution in [0, 0.1) is 0 Å². The summed E-state index contributed by atoms with van der Waals surface area (Å²) in [6.45, 7) is 1.79. The van der Waals surface area contributed by atoms with E-state index in [0.29, 0.717) is 6.61 Å². The van der Waals surface area contributed by atoms with E-state index in [-0.39, 0.29) is 11.7 Å². The number of carboxylic acid groups (broad SMARTS) is 1. The average Bonchev–Trinajstić information content (AvgIpc) is 2.29. The fraction of sp³-hybridized carbons (Fsp3) is 0.417. The van der Waals surface area contributed by atoms with E-state index in [9.17, 15) is 14.7 Å². The Labute approximate surface area is 99.4 Å². The Morgan fingerprint density at radius 1 is 1.35 bits per heavy atom. The molecule has 0 saturated heterocycles. The summed E-state index contributed by atoms with van der Waals surface area (Å²) in [6.07, 6.45) is 3.94. The van der Waals surface area contributed by atoms with E-state index < -0.39 is 5.97 Å². The molecule has 0 spiro atoms. The number of rotatable bonds is 6. The van der Waals surface area contributed by atoms with Gasteiger partial charge in [0.1, 0.15) is 0 Å². The van der Waals surface area contributed by atoms with Crippen LogP contribution in [0.3, 0.4) is 0 Å². The van der Waals surface area contributed by atoms with Crippen molar-refractivity contribution in [3.63, 3.8) is 0 Å². The molecule has 1 rings (SSSR count). The number of carbonyl (C=O) groups is 2. The van der Waals surface area contributed by atoms with Gasteiger partial charge in [-0.2, -0.15) is 0 Å². The first kappa shape index (κ1) is 13.2. The van der Waals surface area contributed by atoms with Crippen LogP contribution in [0.5, 0.6) is 0 Å². The van der Waals surface area contributed by atoms with Crippen molar-refractivity contribution in [2.75, 3.05) is 6.61 Å². The largest absolute Gasteiger partial charge is 0.543 e.